The number of aromatic amines is 1. The average Bonchev–Trinajstić information content (AvgIpc) is 3.21. The summed E-state index contributed by atoms with van der Waals surface area (Å²) < 4.78 is 5.26. The van der Waals surface area contributed by atoms with E-state index < -0.39 is 0 Å². The Morgan fingerprint density at radius 1 is 1.04 bits per heavy atom. The van der Waals surface area contributed by atoms with Gasteiger partial charge in [0, 0.05) is 16.7 Å². The minimum Gasteiger partial charge on any atom is -0.497 e. The highest BCUT2D eigenvalue weighted by atomic mass is 16.5. The molecule has 0 saturated heterocycles. The number of rotatable bonds is 3. The zero-order valence-corrected chi connectivity index (χ0v) is 16.0. The molecule has 2 aromatic carbocycles. The number of ether oxygens (including phenoxy) is 1. The van der Waals surface area contributed by atoms with E-state index in [1.165, 1.54) is 0 Å². The number of carbonyl (C=O) groups is 1. The number of benzene rings is 2. The SMILES string of the molecule is COc1ccc(-c2n[nH]c3c2C(c2ccccc2)N(C(C)(C)C)C3=O)cc1. The smallest absolute Gasteiger partial charge is 0.273 e. The second-order valence-electron chi connectivity index (χ2n) is 7.75. The van der Waals surface area contributed by atoms with Crippen LogP contribution in [0.3, 0.4) is 0 Å². The molecule has 27 heavy (non-hydrogen) atoms. The van der Waals surface area contributed by atoms with Crippen molar-refractivity contribution in [2.45, 2.75) is 32.4 Å². The lowest BCUT2D eigenvalue weighted by molar-refractivity contribution is 0.0546. The quantitative estimate of drug-likeness (QED) is 0.751. The summed E-state index contributed by atoms with van der Waals surface area (Å²) in [5.41, 5.74) is 4.03. The molecule has 1 unspecified atom stereocenters. The van der Waals surface area contributed by atoms with E-state index in [0.29, 0.717) is 5.69 Å². The van der Waals surface area contributed by atoms with Crippen molar-refractivity contribution in [2.24, 2.45) is 0 Å². The van der Waals surface area contributed by atoms with E-state index in [9.17, 15) is 4.79 Å². The van der Waals surface area contributed by atoms with Crippen molar-refractivity contribution < 1.29 is 9.53 Å². The van der Waals surface area contributed by atoms with Crippen LogP contribution >= 0.6 is 0 Å². The molecule has 0 fully saturated rings. The van der Waals surface area contributed by atoms with Gasteiger partial charge < -0.3 is 9.64 Å². The Hall–Kier alpha value is -3.08. The van der Waals surface area contributed by atoms with Crippen molar-refractivity contribution in [1.29, 1.82) is 0 Å². The number of hydrogen-bond acceptors (Lipinski definition) is 3. The molecule has 5 heteroatoms. The number of carbonyl (C=O) groups excluding carboxylic acids is 1. The molecule has 4 rings (SSSR count). The molecule has 0 aliphatic carbocycles. The summed E-state index contributed by atoms with van der Waals surface area (Å²) in [7, 11) is 1.65. The van der Waals surface area contributed by atoms with Gasteiger partial charge in [0.05, 0.1) is 18.8 Å². The number of nitrogens with one attached hydrogen (secondary N) is 1. The molecule has 1 atom stereocenters. The highest BCUT2D eigenvalue weighted by molar-refractivity contribution is 6.00. The summed E-state index contributed by atoms with van der Waals surface area (Å²) in [5, 5.41) is 7.49. The standard InChI is InChI=1S/C22H23N3O2/c1-22(2,3)25-20(15-8-6-5-7-9-15)17-18(23-24-19(17)21(25)26)14-10-12-16(27-4)13-11-14/h5-13,20H,1-4H3,(H,23,24). The van der Waals surface area contributed by atoms with Crippen molar-refractivity contribution in [2.75, 3.05) is 7.11 Å². The molecule has 2 heterocycles. The molecule has 0 bridgehead atoms. The molecular weight excluding hydrogens is 338 g/mol. The Labute approximate surface area is 159 Å². The van der Waals surface area contributed by atoms with Gasteiger partial charge in [-0.25, -0.2) is 0 Å². The van der Waals surface area contributed by atoms with Crippen LogP contribution in [0.4, 0.5) is 0 Å². The molecule has 0 spiro atoms. The lowest BCUT2D eigenvalue weighted by Gasteiger charge is -2.37. The Morgan fingerprint density at radius 2 is 1.70 bits per heavy atom. The van der Waals surface area contributed by atoms with Crippen LogP contribution in [0, 0.1) is 0 Å². The van der Waals surface area contributed by atoms with E-state index in [4.69, 9.17) is 4.74 Å². The van der Waals surface area contributed by atoms with Crippen LogP contribution in [0.2, 0.25) is 0 Å². The number of amides is 1. The molecule has 1 aliphatic heterocycles. The first-order valence-electron chi connectivity index (χ1n) is 9.03. The number of hydrogen-bond donors (Lipinski definition) is 1. The van der Waals surface area contributed by atoms with Crippen LogP contribution in [0.25, 0.3) is 11.3 Å². The van der Waals surface area contributed by atoms with Crippen LogP contribution in [0.1, 0.15) is 48.4 Å². The highest BCUT2D eigenvalue weighted by Crippen LogP contribution is 2.45. The number of aromatic nitrogens is 2. The summed E-state index contributed by atoms with van der Waals surface area (Å²) in [6, 6.07) is 17.7. The molecule has 1 aliphatic rings. The van der Waals surface area contributed by atoms with Crippen molar-refractivity contribution in [3.63, 3.8) is 0 Å². The molecule has 0 saturated carbocycles. The fraction of sp³-hybridized carbons (Fsp3) is 0.273. The van der Waals surface area contributed by atoms with E-state index in [1.807, 2.05) is 47.4 Å². The molecule has 1 N–H and O–H groups in total. The van der Waals surface area contributed by atoms with Crippen LogP contribution in [-0.2, 0) is 0 Å². The first kappa shape index (κ1) is 17.3. The monoisotopic (exact) mass is 361 g/mol. The van der Waals surface area contributed by atoms with E-state index in [2.05, 4.69) is 43.1 Å². The van der Waals surface area contributed by atoms with Crippen molar-refractivity contribution >= 4 is 5.91 Å². The molecule has 1 amide bonds. The largest absolute Gasteiger partial charge is 0.497 e. The number of fused-ring (bicyclic) bond motifs is 1. The zero-order chi connectivity index (χ0) is 19.2. The van der Waals surface area contributed by atoms with Gasteiger partial charge in [-0.2, -0.15) is 5.10 Å². The lowest BCUT2D eigenvalue weighted by Crippen LogP contribution is -2.44. The first-order chi connectivity index (χ1) is 12.9. The number of methoxy groups -OCH3 is 1. The summed E-state index contributed by atoms with van der Waals surface area (Å²) >= 11 is 0. The predicted octanol–water partition coefficient (Wildman–Crippen LogP) is 4.43. The normalized spacial score (nSPS) is 16.5. The molecule has 138 valence electrons. The van der Waals surface area contributed by atoms with E-state index in [0.717, 1.165) is 28.1 Å². The van der Waals surface area contributed by atoms with Crippen LogP contribution in [-0.4, -0.2) is 33.7 Å². The van der Waals surface area contributed by atoms with Gasteiger partial charge in [-0.15, -0.1) is 0 Å². The van der Waals surface area contributed by atoms with Crippen molar-refractivity contribution in [1.82, 2.24) is 15.1 Å². The number of H-pyrrole nitrogens is 1. The summed E-state index contributed by atoms with van der Waals surface area (Å²) in [6.45, 7) is 6.19. The van der Waals surface area contributed by atoms with Gasteiger partial charge in [0.15, 0.2) is 0 Å². The Balaban J connectivity index is 1.90. The summed E-state index contributed by atoms with van der Waals surface area (Å²) in [4.78, 5) is 15.1. The highest BCUT2D eigenvalue weighted by Gasteiger charge is 2.46. The second-order valence-corrected chi connectivity index (χ2v) is 7.75. The van der Waals surface area contributed by atoms with Crippen molar-refractivity contribution in [3.05, 3.63) is 71.4 Å². The predicted molar refractivity (Wildman–Crippen MR) is 105 cm³/mol. The topological polar surface area (TPSA) is 58.2 Å². The van der Waals surface area contributed by atoms with Crippen molar-refractivity contribution in [3.8, 4) is 17.0 Å². The third-order valence-electron chi connectivity index (χ3n) is 4.97. The van der Waals surface area contributed by atoms with Crippen LogP contribution in [0.5, 0.6) is 5.75 Å². The molecule has 5 nitrogen and oxygen atoms in total. The lowest BCUT2D eigenvalue weighted by atomic mass is 9.94. The van der Waals surface area contributed by atoms with Gasteiger partial charge in [0.25, 0.3) is 5.91 Å². The maximum Gasteiger partial charge on any atom is 0.273 e. The third-order valence-corrected chi connectivity index (χ3v) is 4.97. The van der Waals surface area contributed by atoms with Crippen LogP contribution < -0.4 is 4.74 Å². The van der Waals surface area contributed by atoms with E-state index >= 15 is 0 Å². The Bertz CT molecular complexity index is 969. The van der Waals surface area contributed by atoms with E-state index in [-0.39, 0.29) is 17.5 Å². The molecule has 0 radical (unpaired) electrons. The molecular formula is C22H23N3O2. The Morgan fingerprint density at radius 3 is 2.30 bits per heavy atom. The summed E-state index contributed by atoms with van der Waals surface area (Å²) in [6.07, 6.45) is 0. The van der Waals surface area contributed by atoms with Gasteiger partial charge in [-0.1, -0.05) is 30.3 Å². The fourth-order valence-electron chi connectivity index (χ4n) is 3.76. The Kier molecular flexibility index (Phi) is 4.02. The van der Waals surface area contributed by atoms with Gasteiger partial charge in [-0.3, -0.25) is 9.89 Å². The maximum absolute atomic E-state index is 13.2. The third kappa shape index (κ3) is 2.79. The minimum atomic E-state index is -0.325. The zero-order valence-electron chi connectivity index (χ0n) is 16.0. The molecule has 1 aromatic heterocycles. The summed E-state index contributed by atoms with van der Waals surface area (Å²) in [5.74, 6) is 0.775. The van der Waals surface area contributed by atoms with Gasteiger partial charge in [0.1, 0.15) is 11.4 Å². The molecule has 3 aromatic rings. The van der Waals surface area contributed by atoms with E-state index in [1.54, 1.807) is 7.11 Å². The van der Waals surface area contributed by atoms with Gasteiger partial charge in [0.2, 0.25) is 0 Å². The fourth-order valence-corrected chi connectivity index (χ4v) is 3.76. The number of nitrogens with zero attached hydrogens (tertiary/aromatic N) is 2. The minimum absolute atomic E-state index is 0.0152. The first-order valence-corrected chi connectivity index (χ1v) is 9.03. The maximum atomic E-state index is 13.2. The average molecular weight is 361 g/mol. The van der Waals surface area contributed by atoms with Gasteiger partial charge >= 0.3 is 0 Å². The van der Waals surface area contributed by atoms with Crippen LogP contribution in [0.15, 0.2) is 54.6 Å². The second kappa shape index (κ2) is 6.27. The van der Waals surface area contributed by atoms with Gasteiger partial charge in [-0.05, 0) is 50.6 Å².